The number of piperidine rings is 1. The number of rotatable bonds is 6. The quantitative estimate of drug-likeness (QED) is 0.622. The van der Waals surface area contributed by atoms with Gasteiger partial charge in [-0.2, -0.15) is 0 Å². The van der Waals surface area contributed by atoms with Crippen LogP contribution < -0.4 is 0 Å². The highest BCUT2D eigenvalue weighted by Crippen LogP contribution is 2.30. The van der Waals surface area contributed by atoms with E-state index < -0.39 is 6.23 Å². The van der Waals surface area contributed by atoms with Gasteiger partial charge in [-0.25, -0.2) is 0 Å². The number of nitrogens with zero attached hydrogens (tertiary/aromatic N) is 2. The Balaban J connectivity index is 1.20. The Kier molecular flexibility index (Phi) is 7.07. The maximum absolute atomic E-state index is 10.8. The minimum Gasteiger partial charge on any atom is -0.489 e. The fraction of sp³-hybridized carbons (Fsp3) is 0.357. The molecule has 0 aromatic heterocycles. The van der Waals surface area contributed by atoms with Crippen molar-refractivity contribution in [2.75, 3.05) is 13.1 Å². The van der Waals surface area contributed by atoms with Crippen LogP contribution in [0.4, 0.5) is 0 Å². The number of aliphatic hydroxyl groups excluding tert-OH is 2. The molecule has 2 N–H and O–H groups in total. The molecule has 34 heavy (non-hydrogen) atoms. The monoisotopic (exact) mass is 478 g/mol. The molecule has 2 aromatic carbocycles. The molecule has 178 valence electrons. The van der Waals surface area contributed by atoms with Crippen LogP contribution in [-0.4, -0.2) is 45.4 Å². The lowest BCUT2D eigenvalue weighted by molar-refractivity contribution is 0.0792. The molecular formula is C28H31ClN2O3. The van der Waals surface area contributed by atoms with Gasteiger partial charge in [-0.1, -0.05) is 41.9 Å². The van der Waals surface area contributed by atoms with E-state index in [1.54, 1.807) is 6.08 Å². The zero-order valence-corrected chi connectivity index (χ0v) is 20.0. The number of fused-ring (bicyclic) bond motifs is 1. The lowest BCUT2D eigenvalue weighted by Crippen LogP contribution is -2.35. The second-order valence-electron chi connectivity index (χ2n) is 9.30. The molecular weight excluding hydrogens is 448 g/mol. The van der Waals surface area contributed by atoms with E-state index in [4.69, 9.17) is 16.3 Å². The van der Waals surface area contributed by atoms with Crippen LogP contribution in [0.25, 0.3) is 6.08 Å². The Labute approximate surface area is 206 Å². The maximum atomic E-state index is 10.8. The largest absolute Gasteiger partial charge is 0.489 e. The zero-order valence-electron chi connectivity index (χ0n) is 19.2. The molecule has 0 amide bonds. The summed E-state index contributed by atoms with van der Waals surface area (Å²) in [6, 6.07) is 14.3. The first-order chi connectivity index (χ1) is 16.5. The summed E-state index contributed by atoms with van der Waals surface area (Å²) in [4.78, 5) is 4.33. The number of aliphatic hydroxyl groups is 2. The first-order valence-corrected chi connectivity index (χ1v) is 12.4. The lowest BCUT2D eigenvalue weighted by atomic mass is 9.92. The number of aryl methyl sites for hydroxylation is 1. The second-order valence-corrected chi connectivity index (χ2v) is 9.73. The first-order valence-electron chi connectivity index (χ1n) is 12.0. The normalized spacial score (nSPS) is 21.1. The smallest absolute Gasteiger partial charge is 0.153 e. The van der Waals surface area contributed by atoms with Crippen LogP contribution in [0.15, 0.2) is 72.3 Å². The van der Waals surface area contributed by atoms with Gasteiger partial charge in [0, 0.05) is 42.6 Å². The minimum atomic E-state index is -0.758. The third kappa shape index (κ3) is 5.56. The van der Waals surface area contributed by atoms with E-state index in [0.717, 1.165) is 56.6 Å². The van der Waals surface area contributed by atoms with Crippen LogP contribution in [0.3, 0.4) is 0 Å². The molecule has 0 bridgehead atoms. The summed E-state index contributed by atoms with van der Waals surface area (Å²) in [5.74, 6) is 0.658. The molecule has 0 saturated carbocycles. The molecule has 5 nitrogen and oxygen atoms in total. The number of hydrogen-bond donors (Lipinski definition) is 2. The molecule has 2 heterocycles. The number of halogens is 1. The summed E-state index contributed by atoms with van der Waals surface area (Å²) in [6.07, 6.45) is 10.4. The van der Waals surface area contributed by atoms with Crippen LogP contribution in [0.5, 0.6) is 0 Å². The van der Waals surface area contributed by atoms with Gasteiger partial charge in [-0.05, 0) is 72.2 Å². The molecule has 1 unspecified atom stereocenters. The maximum Gasteiger partial charge on any atom is 0.153 e. The molecule has 0 radical (unpaired) electrons. The van der Waals surface area contributed by atoms with Gasteiger partial charge in [0.15, 0.2) is 6.23 Å². The van der Waals surface area contributed by atoms with Crippen molar-refractivity contribution in [3.05, 3.63) is 99.5 Å². The highest BCUT2D eigenvalue weighted by Gasteiger charge is 2.23. The van der Waals surface area contributed by atoms with Gasteiger partial charge >= 0.3 is 0 Å². The van der Waals surface area contributed by atoms with Crippen LogP contribution >= 0.6 is 11.6 Å². The predicted octanol–water partition coefficient (Wildman–Crippen LogP) is 4.83. The van der Waals surface area contributed by atoms with Crippen molar-refractivity contribution in [3.63, 3.8) is 0 Å². The molecule has 1 saturated heterocycles. The van der Waals surface area contributed by atoms with Gasteiger partial charge in [-0.3, -0.25) is 4.90 Å². The molecule has 0 spiro atoms. The van der Waals surface area contributed by atoms with E-state index in [-0.39, 0.29) is 6.10 Å². The highest BCUT2D eigenvalue weighted by molar-refractivity contribution is 6.30. The number of allylic oxidation sites excluding steroid dienone is 2. The van der Waals surface area contributed by atoms with E-state index in [2.05, 4.69) is 29.2 Å². The number of benzene rings is 2. The Morgan fingerprint density at radius 2 is 1.74 bits per heavy atom. The van der Waals surface area contributed by atoms with Gasteiger partial charge in [0.2, 0.25) is 0 Å². The standard InChI is InChI=1S/C28H31ClN2O3/c29-24-6-2-20(3-7-24)19-34-27-11-14-31(28(33)17-27)25-8-5-22-15-21(1-4-23(22)16-25)18-30-12-9-26(32)10-13-30/h1-4,6-7,11,14-17,26,28,32-33H,5,8-10,12-13,18-19H2. The van der Waals surface area contributed by atoms with E-state index in [1.165, 1.54) is 16.7 Å². The Bertz CT molecular complexity index is 1100. The van der Waals surface area contributed by atoms with Gasteiger partial charge in [-0.15, -0.1) is 0 Å². The number of likely N-dealkylation sites (tertiary alicyclic amines) is 1. The number of ether oxygens (including phenoxy) is 1. The van der Waals surface area contributed by atoms with Gasteiger partial charge < -0.3 is 19.8 Å². The average molecular weight is 479 g/mol. The summed E-state index contributed by atoms with van der Waals surface area (Å²) in [5.41, 5.74) is 6.03. The highest BCUT2D eigenvalue weighted by atomic mass is 35.5. The van der Waals surface area contributed by atoms with E-state index in [1.807, 2.05) is 41.4 Å². The summed E-state index contributed by atoms with van der Waals surface area (Å²) >= 11 is 5.94. The SMILES string of the molecule is OC1CCN(Cc2ccc3c(c2)CCC(N2C=CC(OCc4ccc(Cl)cc4)=CC2O)=C3)CC1. The van der Waals surface area contributed by atoms with Crippen LogP contribution in [0, 0.1) is 0 Å². The van der Waals surface area contributed by atoms with Crippen LogP contribution in [0.1, 0.15) is 41.5 Å². The van der Waals surface area contributed by atoms with Crippen molar-refractivity contribution >= 4 is 17.7 Å². The first kappa shape index (κ1) is 23.2. The molecule has 6 heteroatoms. The molecule has 5 rings (SSSR count). The summed E-state index contributed by atoms with van der Waals surface area (Å²) in [6.45, 7) is 3.28. The topological polar surface area (TPSA) is 56.2 Å². The average Bonchev–Trinajstić information content (AvgIpc) is 2.85. The summed E-state index contributed by atoms with van der Waals surface area (Å²) in [5, 5.41) is 21.2. The molecule has 2 aliphatic heterocycles. The van der Waals surface area contributed by atoms with Gasteiger partial charge in [0.1, 0.15) is 12.4 Å². The van der Waals surface area contributed by atoms with E-state index >= 15 is 0 Å². The molecule has 3 aliphatic rings. The van der Waals surface area contributed by atoms with Crippen molar-refractivity contribution in [1.29, 1.82) is 0 Å². The summed E-state index contributed by atoms with van der Waals surface area (Å²) in [7, 11) is 0. The molecule has 1 fully saturated rings. The van der Waals surface area contributed by atoms with Crippen molar-refractivity contribution in [2.45, 2.75) is 51.2 Å². The molecule has 2 aromatic rings. The fourth-order valence-corrected chi connectivity index (χ4v) is 4.93. The van der Waals surface area contributed by atoms with Gasteiger partial charge in [0.25, 0.3) is 0 Å². The van der Waals surface area contributed by atoms with E-state index in [9.17, 15) is 10.2 Å². The van der Waals surface area contributed by atoms with Crippen molar-refractivity contribution in [3.8, 4) is 0 Å². The second kappa shape index (κ2) is 10.4. The minimum absolute atomic E-state index is 0.136. The van der Waals surface area contributed by atoms with Gasteiger partial charge in [0.05, 0.1) is 6.10 Å². The van der Waals surface area contributed by atoms with Crippen LogP contribution in [-0.2, 0) is 24.3 Å². The molecule has 1 aliphatic carbocycles. The third-order valence-corrected chi connectivity index (χ3v) is 7.04. The van der Waals surface area contributed by atoms with Crippen molar-refractivity contribution < 1.29 is 14.9 Å². The van der Waals surface area contributed by atoms with Crippen LogP contribution in [0.2, 0.25) is 5.02 Å². The third-order valence-electron chi connectivity index (χ3n) is 6.79. The molecule has 1 atom stereocenters. The zero-order chi connectivity index (χ0) is 23.5. The Morgan fingerprint density at radius 3 is 2.50 bits per heavy atom. The lowest BCUT2D eigenvalue weighted by Gasteiger charge is -2.32. The number of hydrogen-bond acceptors (Lipinski definition) is 5. The summed E-state index contributed by atoms with van der Waals surface area (Å²) < 4.78 is 5.86. The Morgan fingerprint density at radius 1 is 0.971 bits per heavy atom. The van der Waals surface area contributed by atoms with E-state index in [0.29, 0.717) is 17.4 Å². The predicted molar refractivity (Wildman–Crippen MR) is 135 cm³/mol. The van der Waals surface area contributed by atoms with Crippen molar-refractivity contribution in [2.24, 2.45) is 0 Å². The fourth-order valence-electron chi connectivity index (χ4n) is 4.80. The van der Waals surface area contributed by atoms with Crippen molar-refractivity contribution in [1.82, 2.24) is 9.80 Å². The Hall–Kier alpha value is -2.57.